The summed E-state index contributed by atoms with van der Waals surface area (Å²) < 4.78 is 31.6. The minimum atomic E-state index is -4.67. The van der Waals surface area contributed by atoms with Crippen LogP contribution in [0, 0.1) is 17.3 Å². The van der Waals surface area contributed by atoms with Gasteiger partial charge in [-0.25, -0.2) is 0 Å². The number of phenolic OH excluding ortho intramolecular Hbond substituents is 1. The Hall–Kier alpha value is -0.440. The molecular weight excluding hydrogens is 367 g/mol. The van der Waals surface area contributed by atoms with E-state index in [1.807, 2.05) is 12.1 Å². The van der Waals surface area contributed by atoms with Crippen LogP contribution < -0.4 is 29.6 Å². The SMILES string of the molecule is C[C@]12CC[C@@H]3c4ccc(O)cc4CC[C@H]3[C@@H]1CCC2=O.O=S(=O)(O)O.[H-].[Na+]. The average Bonchev–Trinajstić information content (AvgIpc) is 2.81. The van der Waals surface area contributed by atoms with Gasteiger partial charge in [0.25, 0.3) is 0 Å². The molecular formula is C18H25NaO6S. The van der Waals surface area contributed by atoms with Gasteiger partial charge in [-0.05, 0) is 73.1 Å². The molecule has 26 heavy (non-hydrogen) atoms. The van der Waals surface area contributed by atoms with Crippen molar-refractivity contribution in [3.8, 4) is 5.75 Å². The topological polar surface area (TPSA) is 112 Å². The molecule has 0 spiro atoms. The molecule has 3 aliphatic carbocycles. The number of carbonyl (C=O) groups excluding carboxylic acids is 1. The van der Waals surface area contributed by atoms with Gasteiger partial charge < -0.3 is 6.53 Å². The van der Waals surface area contributed by atoms with E-state index >= 15 is 0 Å². The smallest absolute Gasteiger partial charge is 1.00 e. The molecule has 3 N–H and O–H groups in total. The van der Waals surface area contributed by atoms with Gasteiger partial charge in [-0.3, -0.25) is 13.9 Å². The number of hydrogen-bond acceptors (Lipinski definition) is 4. The number of carbonyl (C=O) groups is 1. The van der Waals surface area contributed by atoms with Crippen molar-refractivity contribution < 1.29 is 58.4 Å². The summed E-state index contributed by atoms with van der Waals surface area (Å²) in [6.07, 6.45) is 6.34. The van der Waals surface area contributed by atoms with E-state index in [1.165, 1.54) is 17.5 Å². The largest absolute Gasteiger partial charge is 1.00 e. The van der Waals surface area contributed by atoms with Crippen LogP contribution in [-0.2, 0) is 21.6 Å². The van der Waals surface area contributed by atoms with Gasteiger partial charge >= 0.3 is 40.0 Å². The van der Waals surface area contributed by atoms with Gasteiger partial charge in [0.15, 0.2) is 0 Å². The van der Waals surface area contributed by atoms with Gasteiger partial charge in [-0.2, -0.15) is 8.42 Å². The van der Waals surface area contributed by atoms with E-state index in [0.29, 0.717) is 29.3 Å². The fourth-order valence-electron chi connectivity index (χ4n) is 5.34. The van der Waals surface area contributed by atoms with Crippen molar-refractivity contribution in [3.05, 3.63) is 29.3 Å². The summed E-state index contributed by atoms with van der Waals surface area (Å²) in [6, 6.07) is 5.90. The minimum absolute atomic E-state index is 0. The molecule has 0 unspecified atom stereocenters. The van der Waals surface area contributed by atoms with E-state index < -0.39 is 10.4 Å². The van der Waals surface area contributed by atoms with Crippen LogP contribution in [0.2, 0.25) is 0 Å². The first-order valence-corrected chi connectivity index (χ1v) is 10.0. The predicted octanol–water partition coefficient (Wildman–Crippen LogP) is 0.281. The number of Topliss-reactive ketones (excluding diaryl/α,β-unsaturated/α-hetero) is 1. The van der Waals surface area contributed by atoms with Crippen LogP contribution in [-0.4, -0.2) is 28.4 Å². The monoisotopic (exact) mass is 392 g/mol. The second-order valence-corrected chi connectivity index (χ2v) is 8.56. The third-order valence-corrected chi connectivity index (χ3v) is 6.42. The molecule has 140 valence electrons. The van der Waals surface area contributed by atoms with Gasteiger partial charge in [-0.1, -0.05) is 13.0 Å². The third-order valence-electron chi connectivity index (χ3n) is 6.42. The van der Waals surface area contributed by atoms with Crippen molar-refractivity contribution in [1.82, 2.24) is 0 Å². The van der Waals surface area contributed by atoms with E-state index in [2.05, 4.69) is 13.0 Å². The van der Waals surface area contributed by atoms with Gasteiger partial charge in [-0.15, -0.1) is 0 Å². The molecule has 0 aromatic heterocycles. The van der Waals surface area contributed by atoms with Crippen LogP contribution in [0.1, 0.15) is 57.5 Å². The quantitative estimate of drug-likeness (QED) is 0.432. The third kappa shape index (κ3) is 4.34. The van der Waals surface area contributed by atoms with Crippen molar-refractivity contribution in [1.29, 1.82) is 0 Å². The minimum Gasteiger partial charge on any atom is -1.00 e. The fourth-order valence-corrected chi connectivity index (χ4v) is 5.34. The van der Waals surface area contributed by atoms with Gasteiger partial charge in [0.2, 0.25) is 0 Å². The molecule has 0 aliphatic heterocycles. The van der Waals surface area contributed by atoms with E-state index in [4.69, 9.17) is 17.5 Å². The Bertz CT molecular complexity index is 791. The Kier molecular flexibility index (Phi) is 6.63. The van der Waals surface area contributed by atoms with E-state index in [-0.39, 0.29) is 36.4 Å². The second-order valence-electron chi connectivity index (χ2n) is 7.66. The zero-order valence-corrected chi connectivity index (χ0v) is 18.0. The van der Waals surface area contributed by atoms with E-state index in [1.54, 1.807) is 0 Å². The number of aryl methyl sites for hydroxylation is 1. The van der Waals surface area contributed by atoms with Gasteiger partial charge in [0.1, 0.15) is 11.5 Å². The van der Waals surface area contributed by atoms with Crippen molar-refractivity contribution >= 4 is 16.2 Å². The maximum absolute atomic E-state index is 12.3. The second kappa shape index (κ2) is 7.89. The van der Waals surface area contributed by atoms with Crippen molar-refractivity contribution in [2.45, 2.75) is 51.4 Å². The number of rotatable bonds is 0. The maximum Gasteiger partial charge on any atom is 1.00 e. The Balaban J connectivity index is 0.000000468. The molecule has 0 saturated heterocycles. The van der Waals surface area contributed by atoms with Crippen LogP contribution >= 0.6 is 0 Å². The molecule has 3 aliphatic rings. The molecule has 0 radical (unpaired) electrons. The molecule has 4 atom stereocenters. The van der Waals surface area contributed by atoms with Crippen molar-refractivity contribution in [3.63, 3.8) is 0 Å². The molecule has 4 rings (SSSR count). The summed E-state index contributed by atoms with van der Waals surface area (Å²) in [7, 11) is -4.67. The number of benzene rings is 1. The molecule has 1 aromatic carbocycles. The Labute approximate surface area is 177 Å². The summed E-state index contributed by atoms with van der Waals surface area (Å²) >= 11 is 0. The average molecular weight is 392 g/mol. The molecule has 2 fully saturated rings. The molecule has 2 saturated carbocycles. The summed E-state index contributed by atoms with van der Waals surface area (Å²) in [5.41, 5.74) is 2.75. The fraction of sp³-hybridized carbons (Fsp3) is 0.611. The van der Waals surface area contributed by atoms with E-state index in [9.17, 15) is 9.90 Å². The van der Waals surface area contributed by atoms with Crippen LogP contribution in [0.4, 0.5) is 0 Å². The summed E-state index contributed by atoms with van der Waals surface area (Å²) in [5, 5.41) is 9.67. The maximum atomic E-state index is 12.3. The van der Waals surface area contributed by atoms with Crippen molar-refractivity contribution in [2.75, 3.05) is 0 Å². The first-order chi connectivity index (χ1) is 11.6. The van der Waals surface area contributed by atoms with E-state index in [0.717, 1.165) is 32.1 Å². The molecule has 1 aromatic rings. The number of hydrogen-bond donors (Lipinski definition) is 3. The number of aromatic hydroxyl groups is 1. The Morgan fingerprint density at radius 1 is 1.15 bits per heavy atom. The van der Waals surface area contributed by atoms with Crippen LogP contribution in [0.25, 0.3) is 0 Å². The first kappa shape index (κ1) is 21.9. The zero-order valence-electron chi connectivity index (χ0n) is 16.2. The van der Waals surface area contributed by atoms with Gasteiger partial charge in [0, 0.05) is 11.8 Å². The molecule has 6 nitrogen and oxygen atoms in total. The predicted molar refractivity (Wildman–Crippen MR) is 93.0 cm³/mol. The number of ketones is 1. The summed E-state index contributed by atoms with van der Waals surface area (Å²) in [5.74, 6) is 2.78. The zero-order chi connectivity index (χ0) is 18.4. The first-order valence-electron chi connectivity index (χ1n) is 8.64. The number of phenols is 1. The van der Waals surface area contributed by atoms with Crippen LogP contribution in [0.15, 0.2) is 18.2 Å². The summed E-state index contributed by atoms with van der Waals surface area (Å²) in [6.45, 7) is 2.22. The van der Waals surface area contributed by atoms with Gasteiger partial charge in [0.05, 0.1) is 0 Å². The summed E-state index contributed by atoms with van der Waals surface area (Å²) in [4.78, 5) is 12.3. The van der Waals surface area contributed by atoms with Crippen molar-refractivity contribution in [2.24, 2.45) is 17.3 Å². The molecule has 0 bridgehead atoms. The molecule has 0 heterocycles. The number of fused-ring (bicyclic) bond motifs is 5. The molecule has 8 heteroatoms. The Morgan fingerprint density at radius 2 is 1.81 bits per heavy atom. The normalized spacial score (nSPS) is 32.3. The Morgan fingerprint density at radius 3 is 2.46 bits per heavy atom. The molecule has 0 amide bonds. The standard InChI is InChI=1S/C18H22O2.Na.H2O4S.H/c1-18-9-8-14-13-5-3-12(19)10-11(13)2-4-15(14)16(18)6-7-17(18)20;;1-5(2,3)4;/h3,5,10,14-16,19H,2,4,6-9H2,1H3;;(H2,1,2,3,4);/q;+1;;-1/t14-,15-,16+,18+;;;/m1.../s1. The van der Waals surface area contributed by atoms with Crippen LogP contribution in [0.5, 0.6) is 5.75 Å². The van der Waals surface area contributed by atoms with Crippen LogP contribution in [0.3, 0.4) is 0 Å².